The molecule has 1 saturated heterocycles. The van der Waals surface area contributed by atoms with Crippen LogP contribution >= 0.6 is 0 Å². The minimum Gasteiger partial charge on any atom is -0.431 e. The van der Waals surface area contributed by atoms with E-state index in [1.165, 1.54) is 0 Å². The van der Waals surface area contributed by atoms with Crippen LogP contribution in [0.1, 0.15) is 18.4 Å². The topological polar surface area (TPSA) is 46.5 Å². The van der Waals surface area contributed by atoms with E-state index in [0.717, 1.165) is 12.0 Å². The molecule has 1 aromatic rings. The molecule has 2 rings (SSSR count). The van der Waals surface area contributed by atoms with Crippen LogP contribution in [0.15, 0.2) is 42.2 Å². The molecular formula is C13H14O3. The van der Waals surface area contributed by atoms with E-state index in [2.05, 4.69) is 0 Å². The van der Waals surface area contributed by atoms with Crippen molar-refractivity contribution in [2.24, 2.45) is 0 Å². The number of aliphatic hydroxyl groups is 1. The maximum Gasteiger partial charge on any atom is 0.313 e. The van der Waals surface area contributed by atoms with E-state index in [1.54, 1.807) is 0 Å². The average Bonchev–Trinajstić information content (AvgIpc) is 2.27. The molecule has 3 nitrogen and oxygen atoms in total. The molecule has 3 heteroatoms. The molecule has 1 aliphatic rings. The summed E-state index contributed by atoms with van der Waals surface area (Å²) in [4.78, 5) is 11.1. The average molecular weight is 218 g/mol. The summed E-state index contributed by atoms with van der Waals surface area (Å²) in [5.41, 5.74) is 1.16. The minimum atomic E-state index is -0.594. The second-order valence-electron chi connectivity index (χ2n) is 3.90. The number of allylic oxidation sites excluding steroid dienone is 1. The molecule has 0 bridgehead atoms. The quantitative estimate of drug-likeness (QED) is 0.770. The van der Waals surface area contributed by atoms with E-state index in [9.17, 15) is 9.90 Å². The normalized spacial score (nSPS) is 23.2. The Balaban J connectivity index is 1.99. The highest BCUT2D eigenvalue weighted by molar-refractivity contribution is 5.72. The summed E-state index contributed by atoms with van der Waals surface area (Å²) >= 11 is 0. The molecule has 0 aliphatic carbocycles. The van der Waals surface area contributed by atoms with Crippen LogP contribution in [-0.2, 0) is 16.0 Å². The number of ether oxygens (including phenoxy) is 1. The molecule has 1 N–H and O–H groups in total. The second kappa shape index (κ2) is 4.94. The highest BCUT2D eigenvalue weighted by Gasteiger charge is 2.22. The molecule has 0 amide bonds. The number of carbonyl (C=O) groups is 1. The molecule has 84 valence electrons. The van der Waals surface area contributed by atoms with Crippen LogP contribution in [0.5, 0.6) is 0 Å². The molecule has 0 radical (unpaired) electrons. The van der Waals surface area contributed by atoms with Crippen molar-refractivity contribution in [1.82, 2.24) is 0 Å². The first-order chi connectivity index (χ1) is 7.74. The highest BCUT2D eigenvalue weighted by atomic mass is 16.5. The predicted molar refractivity (Wildman–Crippen MR) is 59.6 cm³/mol. The van der Waals surface area contributed by atoms with Crippen molar-refractivity contribution in [2.75, 3.05) is 0 Å². The van der Waals surface area contributed by atoms with Crippen molar-refractivity contribution in [3.63, 3.8) is 0 Å². The Morgan fingerprint density at radius 2 is 2.06 bits per heavy atom. The van der Waals surface area contributed by atoms with Crippen LogP contribution in [0.4, 0.5) is 0 Å². The third kappa shape index (κ3) is 2.94. The zero-order valence-electron chi connectivity index (χ0n) is 8.93. The summed E-state index contributed by atoms with van der Waals surface area (Å²) in [6.07, 6.45) is 2.51. The van der Waals surface area contributed by atoms with Crippen LogP contribution in [-0.4, -0.2) is 17.2 Å². The number of cyclic esters (lactones) is 1. The van der Waals surface area contributed by atoms with E-state index >= 15 is 0 Å². The Bertz CT molecular complexity index is 395. The van der Waals surface area contributed by atoms with Gasteiger partial charge in [-0.3, -0.25) is 4.79 Å². The molecule has 1 heterocycles. The van der Waals surface area contributed by atoms with Crippen LogP contribution in [0.3, 0.4) is 0 Å². The zero-order chi connectivity index (χ0) is 11.4. The maximum atomic E-state index is 11.1. The van der Waals surface area contributed by atoms with Crippen molar-refractivity contribution >= 4 is 5.97 Å². The van der Waals surface area contributed by atoms with Crippen molar-refractivity contribution in [3.05, 3.63) is 47.7 Å². The third-order valence-electron chi connectivity index (χ3n) is 2.49. The first-order valence-electron chi connectivity index (χ1n) is 5.36. The predicted octanol–water partition coefficient (Wildman–Crippen LogP) is 1.81. The Morgan fingerprint density at radius 1 is 1.31 bits per heavy atom. The number of benzene rings is 1. The SMILES string of the molecule is O=C1CC(O)CC(=CCc2ccccc2)O1. The number of hydrogen-bond donors (Lipinski definition) is 1. The summed E-state index contributed by atoms with van der Waals surface area (Å²) in [5, 5.41) is 9.41. The van der Waals surface area contributed by atoms with Gasteiger partial charge in [-0.2, -0.15) is 0 Å². The fraction of sp³-hybridized carbons (Fsp3) is 0.308. The van der Waals surface area contributed by atoms with Gasteiger partial charge >= 0.3 is 5.97 Å². The number of aliphatic hydroxyl groups excluding tert-OH is 1. The molecule has 1 fully saturated rings. The fourth-order valence-electron chi connectivity index (χ4n) is 1.70. The minimum absolute atomic E-state index is 0.0999. The van der Waals surface area contributed by atoms with Crippen molar-refractivity contribution in [2.45, 2.75) is 25.4 Å². The molecule has 1 atom stereocenters. The van der Waals surface area contributed by atoms with E-state index in [4.69, 9.17) is 4.74 Å². The van der Waals surface area contributed by atoms with Gasteiger partial charge in [-0.15, -0.1) is 0 Å². The van der Waals surface area contributed by atoms with Gasteiger partial charge in [0.2, 0.25) is 0 Å². The largest absolute Gasteiger partial charge is 0.431 e. The molecule has 0 saturated carbocycles. The lowest BCUT2D eigenvalue weighted by atomic mass is 10.1. The smallest absolute Gasteiger partial charge is 0.313 e. The molecule has 0 spiro atoms. The number of rotatable bonds is 2. The van der Waals surface area contributed by atoms with Gasteiger partial charge in [0, 0.05) is 6.42 Å². The Kier molecular flexibility index (Phi) is 3.37. The monoisotopic (exact) mass is 218 g/mol. The van der Waals surface area contributed by atoms with Gasteiger partial charge in [-0.1, -0.05) is 30.3 Å². The molecule has 0 aromatic heterocycles. The van der Waals surface area contributed by atoms with Gasteiger partial charge in [0.15, 0.2) is 0 Å². The Morgan fingerprint density at radius 3 is 2.75 bits per heavy atom. The number of hydrogen-bond acceptors (Lipinski definition) is 3. The lowest BCUT2D eigenvalue weighted by Gasteiger charge is -2.19. The van der Waals surface area contributed by atoms with Crippen LogP contribution in [0.2, 0.25) is 0 Å². The maximum absolute atomic E-state index is 11.1. The fourth-order valence-corrected chi connectivity index (χ4v) is 1.70. The van der Waals surface area contributed by atoms with Crippen LogP contribution in [0.25, 0.3) is 0 Å². The summed E-state index contributed by atoms with van der Waals surface area (Å²) in [6.45, 7) is 0. The second-order valence-corrected chi connectivity index (χ2v) is 3.90. The van der Waals surface area contributed by atoms with E-state index < -0.39 is 6.10 Å². The van der Waals surface area contributed by atoms with E-state index in [1.807, 2.05) is 36.4 Å². The summed E-state index contributed by atoms with van der Waals surface area (Å²) in [7, 11) is 0. The number of esters is 1. The summed E-state index contributed by atoms with van der Waals surface area (Å²) in [5.74, 6) is 0.227. The Labute approximate surface area is 94.4 Å². The molecule has 16 heavy (non-hydrogen) atoms. The van der Waals surface area contributed by atoms with E-state index in [-0.39, 0.29) is 12.4 Å². The first-order valence-corrected chi connectivity index (χ1v) is 5.36. The van der Waals surface area contributed by atoms with Gasteiger partial charge < -0.3 is 9.84 Å². The van der Waals surface area contributed by atoms with Gasteiger partial charge in [0.25, 0.3) is 0 Å². The lowest BCUT2D eigenvalue weighted by Crippen LogP contribution is -2.23. The summed E-state index contributed by atoms with van der Waals surface area (Å²) in [6, 6.07) is 9.92. The van der Waals surface area contributed by atoms with Crippen LogP contribution in [0, 0.1) is 0 Å². The molecule has 1 unspecified atom stereocenters. The van der Waals surface area contributed by atoms with Crippen molar-refractivity contribution in [3.8, 4) is 0 Å². The van der Waals surface area contributed by atoms with Gasteiger partial charge in [-0.05, 0) is 18.1 Å². The summed E-state index contributed by atoms with van der Waals surface area (Å²) < 4.78 is 5.04. The van der Waals surface area contributed by atoms with Gasteiger partial charge in [0.1, 0.15) is 5.76 Å². The standard InChI is InChI=1S/C13H14O3/c14-11-8-12(16-13(15)9-11)7-6-10-4-2-1-3-5-10/h1-5,7,11,14H,6,8-9H2. The number of carbonyl (C=O) groups excluding carboxylic acids is 1. The highest BCUT2D eigenvalue weighted by Crippen LogP contribution is 2.18. The molecule has 1 aromatic carbocycles. The molecule has 1 aliphatic heterocycles. The van der Waals surface area contributed by atoms with E-state index in [0.29, 0.717) is 12.2 Å². The zero-order valence-corrected chi connectivity index (χ0v) is 8.93. The van der Waals surface area contributed by atoms with Crippen molar-refractivity contribution < 1.29 is 14.6 Å². The third-order valence-corrected chi connectivity index (χ3v) is 2.49. The van der Waals surface area contributed by atoms with Crippen molar-refractivity contribution in [1.29, 1.82) is 0 Å². The lowest BCUT2D eigenvalue weighted by molar-refractivity contribution is -0.145. The van der Waals surface area contributed by atoms with Gasteiger partial charge in [-0.25, -0.2) is 0 Å². The van der Waals surface area contributed by atoms with Gasteiger partial charge in [0.05, 0.1) is 12.5 Å². The molecular weight excluding hydrogens is 204 g/mol. The Hall–Kier alpha value is -1.61. The van der Waals surface area contributed by atoms with Crippen LogP contribution < -0.4 is 0 Å². The first kappa shape index (κ1) is 10.9.